The van der Waals surface area contributed by atoms with Crippen molar-refractivity contribution >= 4 is 34.1 Å². The highest BCUT2D eigenvalue weighted by Gasteiger charge is 2.26. The van der Waals surface area contributed by atoms with Gasteiger partial charge in [0.2, 0.25) is 0 Å². The first-order valence-electron chi connectivity index (χ1n) is 10.4. The number of nitrogens with one attached hydrogen (secondary N) is 2. The van der Waals surface area contributed by atoms with Crippen LogP contribution in [0.25, 0.3) is 10.6 Å². The van der Waals surface area contributed by atoms with Crippen LogP contribution < -0.4 is 15.5 Å². The van der Waals surface area contributed by atoms with Gasteiger partial charge in [0.1, 0.15) is 11.6 Å². The summed E-state index contributed by atoms with van der Waals surface area (Å²) < 4.78 is 0. The predicted molar refractivity (Wildman–Crippen MR) is 125 cm³/mol. The number of aromatic nitrogens is 3. The molecule has 162 valence electrons. The van der Waals surface area contributed by atoms with Crippen molar-refractivity contribution in [3.8, 4) is 10.6 Å². The Morgan fingerprint density at radius 1 is 1.19 bits per heavy atom. The number of amides is 2. The highest BCUT2D eigenvalue weighted by Crippen LogP contribution is 2.32. The summed E-state index contributed by atoms with van der Waals surface area (Å²) in [4.78, 5) is 30.7. The number of urea groups is 1. The topological polar surface area (TPSA) is 86.3 Å². The Labute approximate surface area is 186 Å². The van der Waals surface area contributed by atoms with Gasteiger partial charge in [-0.2, -0.15) is 0 Å². The fourth-order valence-corrected chi connectivity index (χ4v) is 4.63. The van der Waals surface area contributed by atoms with E-state index in [2.05, 4.69) is 25.5 Å². The molecule has 0 saturated carbocycles. The van der Waals surface area contributed by atoms with E-state index in [0.29, 0.717) is 0 Å². The number of piperidine rings is 1. The minimum atomic E-state index is -0.0320. The number of anilines is 3. The highest BCUT2D eigenvalue weighted by molar-refractivity contribution is 7.18. The van der Waals surface area contributed by atoms with E-state index in [4.69, 9.17) is 4.98 Å². The summed E-state index contributed by atoms with van der Waals surface area (Å²) in [5.74, 6) is 1.53. The molecule has 4 heterocycles. The second kappa shape index (κ2) is 9.30. The molecule has 0 bridgehead atoms. The van der Waals surface area contributed by atoms with E-state index in [9.17, 15) is 4.79 Å². The molecule has 1 fully saturated rings. The monoisotopic (exact) mass is 437 g/mol. The lowest BCUT2D eigenvalue weighted by atomic mass is 10.0. The molecule has 0 radical (unpaired) electrons. The fourth-order valence-electron chi connectivity index (χ4n) is 3.69. The number of hydrogen-bond donors (Lipinski definition) is 2. The standard InChI is InChI=1S/C22H27N7OS/c1-15-7-10-24-20(13-15)27-19-6-4-5-17(26-19)18-14-25-22(31-18)29-11-8-16(9-12-29)28(3)21(30)23-2/h4-7,10,13-14,16H,8-9,11-12H2,1-3H3,(H,23,30)(H,24,26,27). The van der Waals surface area contributed by atoms with Gasteiger partial charge in [-0.3, -0.25) is 0 Å². The zero-order valence-corrected chi connectivity index (χ0v) is 18.8. The lowest BCUT2D eigenvalue weighted by Gasteiger charge is -2.36. The number of hydrogen-bond acceptors (Lipinski definition) is 7. The van der Waals surface area contributed by atoms with Gasteiger partial charge < -0.3 is 20.4 Å². The summed E-state index contributed by atoms with van der Waals surface area (Å²) in [5.41, 5.74) is 2.03. The van der Waals surface area contributed by atoms with Crippen molar-refractivity contribution in [1.82, 2.24) is 25.2 Å². The van der Waals surface area contributed by atoms with Crippen LogP contribution in [-0.4, -0.2) is 59.1 Å². The van der Waals surface area contributed by atoms with Crippen molar-refractivity contribution in [2.24, 2.45) is 0 Å². The number of nitrogens with zero attached hydrogens (tertiary/aromatic N) is 5. The molecule has 9 heteroatoms. The highest BCUT2D eigenvalue weighted by atomic mass is 32.1. The van der Waals surface area contributed by atoms with Gasteiger partial charge in [-0.1, -0.05) is 17.4 Å². The molecule has 1 saturated heterocycles. The minimum absolute atomic E-state index is 0.0320. The van der Waals surface area contributed by atoms with E-state index in [1.165, 1.54) is 0 Å². The molecule has 2 amide bonds. The molecular weight excluding hydrogens is 410 g/mol. The Balaban J connectivity index is 1.42. The molecule has 0 unspecified atom stereocenters. The molecule has 4 rings (SSSR count). The summed E-state index contributed by atoms with van der Waals surface area (Å²) >= 11 is 1.65. The van der Waals surface area contributed by atoms with Gasteiger partial charge in [0.25, 0.3) is 0 Å². The fraction of sp³-hybridized carbons (Fsp3) is 0.364. The summed E-state index contributed by atoms with van der Waals surface area (Å²) in [6.45, 7) is 3.80. The van der Waals surface area contributed by atoms with Crippen LogP contribution >= 0.6 is 11.3 Å². The van der Waals surface area contributed by atoms with Crippen LogP contribution in [0, 0.1) is 6.92 Å². The van der Waals surface area contributed by atoms with Crippen LogP contribution in [0.2, 0.25) is 0 Å². The smallest absolute Gasteiger partial charge is 0.317 e. The van der Waals surface area contributed by atoms with Crippen molar-refractivity contribution in [3.63, 3.8) is 0 Å². The van der Waals surface area contributed by atoms with Crippen LogP contribution in [-0.2, 0) is 0 Å². The largest absolute Gasteiger partial charge is 0.348 e. The van der Waals surface area contributed by atoms with Gasteiger partial charge in [-0.15, -0.1) is 0 Å². The lowest BCUT2D eigenvalue weighted by molar-refractivity contribution is 0.182. The molecule has 0 aromatic carbocycles. The summed E-state index contributed by atoms with van der Waals surface area (Å²) in [7, 11) is 3.53. The third-order valence-electron chi connectivity index (χ3n) is 5.48. The second-order valence-corrected chi connectivity index (χ2v) is 8.65. The van der Waals surface area contributed by atoms with Gasteiger partial charge >= 0.3 is 6.03 Å². The Morgan fingerprint density at radius 3 is 2.74 bits per heavy atom. The average Bonchev–Trinajstić information content (AvgIpc) is 3.29. The molecule has 3 aromatic rings. The first-order valence-corrected chi connectivity index (χ1v) is 11.2. The molecule has 2 N–H and O–H groups in total. The molecule has 1 aliphatic rings. The Morgan fingerprint density at radius 2 is 2.00 bits per heavy atom. The van der Waals surface area contributed by atoms with E-state index in [0.717, 1.165) is 58.8 Å². The van der Waals surface area contributed by atoms with Crippen LogP contribution in [0.15, 0.2) is 42.7 Å². The predicted octanol–water partition coefficient (Wildman–Crippen LogP) is 3.89. The van der Waals surface area contributed by atoms with E-state index in [1.807, 2.05) is 50.5 Å². The zero-order chi connectivity index (χ0) is 21.8. The minimum Gasteiger partial charge on any atom is -0.348 e. The van der Waals surface area contributed by atoms with Crippen molar-refractivity contribution in [2.45, 2.75) is 25.8 Å². The van der Waals surface area contributed by atoms with Gasteiger partial charge in [-0.25, -0.2) is 19.7 Å². The van der Waals surface area contributed by atoms with Crippen molar-refractivity contribution in [2.75, 3.05) is 37.4 Å². The van der Waals surface area contributed by atoms with Crippen LogP contribution in [0.4, 0.5) is 21.6 Å². The Kier molecular flexibility index (Phi) is 6.31. The molecule has 1 aliphatic heterocycles. The Hall–Kier alpha value is -3.20. The average molecular weight is 438 g/mol. The first kappa shape index (κ1) is 21.0. The van der Waals surface area contributed by atoms with Crippen LogP contribution in [0.3, 0.4) is 0 Å². The number of aryl methyl sites for hydroxylation is 1. The molecule has 0 atom stereocenters. The maximum absolute atomic E-state index is 11.9. The van der Waals surface area contributed by atoms with Gasteiger partial charge in [-0.05, 0) is 49.6 Å². The molecular formula is C22H27N7OS. The lowest BCUT2D eigenvalue weighted by Crippen LogP contribution is -2.48. The first-order chi connectivity index (χ1) is 15.0. The number of rotatable bonds is 5. The van der Waals surface area contributed by atoms with E-state index in [1.54, 1.807) is 29.5 Å². The second-order valence-electron chi connectivity index (χ2n) is 7.64. The summed E-state index contributed by atoms with van der Waals surface area (Å²) in [6.07, 6.45) is 5.53. The number of pyridine rings is 2. The van der Waals surface area contributed by atoms with E-state index in [-0.39, 0.29) is 12.1 Å². The molecule has 3 aromatic heterocycles. The molecule has 0 aliphatic carbocycles. The van der Waals surface area contributed by atoms with E-state index < -0.39 is 0 Å². The third-order valence-corrected chi connectivity index (χ3v) is 6.56. The van der Waals surface area contributed by atoms with Crippen molar-refractivity contribution in [1.29, 1.82) is 0 Å². The van der Waals surface area contributed by atoms with Crippen LogP contribution in [0.5, 0.6) is 0 Å². The quantitative estimate of drug-likeness (QED) is 0.630. The Bertz CT molecular complexity index is 1050. The van der Waals surface area contributed by atoms with Crippen molar-refractivity contribution < 1.29 is 4.79 Å². The maximum atomic E-state index is 11.9. The summed E-state index contributed by atoms with van der Waals surface area (Å²) in [6, 6.07) is 10.1. The van der Waals surface area contributed by atoms with Gasteiger partial charge in [0, 0.05) is 45.6 Å². The third kappa shape index (κ3) is 4.93. The number of carbonyl (C=O) groups excluding carboxylic acids is 1. The number of carbonyl (C=O) groups is 1. The van der Waals surface area contributed by atoms with Gasteiger partial charge in [0.15, 0.2) is 5.13 Å². The van der Waals surface area contributed by atoms with Gasteiger partial charge in [0.05, 0.1) is 10.6 Å². The SMILES string of the molecule is CNC(=O)N(C)C1CCN(c2ncc(-c3cccc(Nc4cc(C)ccn4)n3)s2)CC1. The molecule has 0 spiro atoms. The zero-order valence-electron chi connectivity index (χ0n) is 18.0. The normalized spacial score (nSPS) is 14.4. The summed E-state index contributed by atoms with van der Waals surface area (Å²) in [5, 5.41) is 6.96. The maximum Gasteiger partial charge on any atom is 0.317 e. The molecule has 31 heavy (non-hydrogen) atoms. The molecule has 8 nitrogen and oxygen atoms in total. The van der Waals surface area contributed by atoms with Crippen molar-refractivity contribution in [3.05, 3.63) is 48.3 Å². The van der Waals surface area contributed by atoms with Crippen LogP contribution in [0.1, 0.15) is 18.4 Å². The number of thiazole rings is 1. The van der Waals surface area contributed by atoms with E-state index >= 15 is 0 Å².